The molecule has 0 bridgehead atoms. The number of fused-ring (bicyclic) bond motifs is 1. The summed E-state index contributed by atoms with van der Waals surface area (Å²) in [4.78, 5) is 16.5. The largest absolute Gasteiger partial charge is 0.350 e. The maximum atomic E-state index is 12.2. The minimum absolute atomic E-state index is 0.00562. The third kappa shape index (κ3) is 3.79. The molecule has 0 aliphatic carbocycles. The van der Waals surface area contributed by atoms with Gasteiger partial charge in [0.25, 0.3) is 5.91 Å². The molecule has 2 aromatic rings. The highest BCUT2D eigenvalue weighted by Crippen LogP contribution is 2.14. The van der Waals surface area contributed by atoms with Gasteiger partial charge in [0.2, 0.25) is 0 Å². The van der Waals surface area contributed by atoms with Crippen molar-refractivity contribution >= 4 is 16.8 Å². The van der Waals surface area contributed by atoms with Crippen molar-refractivity contribution in [2.24, 2.45) is 11.7 Å². The minimum Gasteiger partial charge on any atom is -0.350 e. The number of nitrogens with two attached hydrogens (primary N) is 1. The van der Waals surface area contributed by atoms with Gasteiger partial charge in [-0.1, -0.05) is 32.8 Å². The Hall–Kier alpha value is -1.94. The molecule has 4 nitrogen and oxygen atoms in total. The summed E-state index contributed by atoms with van der Waals surface area (Å²) in [5.74, 6) is 0.369. The highest BCUT2D eigenvalue weighted by atomic mass is 16.1. The van der Waals surface area contributed by atoms with Gasteiger partial charge in [-0.15, -0.1) is 0 Å². The molecule has 0 saturated heterocycles. The van der Waals surface area contributed by atoms with Crippen molar-refractivity contribution in [2.45, 2.75) is 32.7 Å². The molecule has 0 aliphatic heterocycles. The van der Waals surface area contributed by atoms with E-state index in [0.717, 1.165) is 23.7 Å². The molecule has 1 aromatic carbocycles. The van der Waals surface area contributed by atoms with Gasteiger partial charge < -0.3 is 11.1 Å². The number of pyridine rings is 1. The van der Waals surface area contributed by atoms with Crippen LogP contribution in [-0.4, -0.2) is 23.5 Å². The number of rotatable bonds is 6. The van der Waals surface area contributed by atoms with E-state index in [1.165, 1.54) is 0 Å². The molecule has 1 heterocycles. The maximum absolute atomic E-state index is 12.2. The van der Waals surface area contributed by atoms with E-state index >= 15 is 0 Å². The van der Waals surface area contributed by atoms with E-state index in [4.69, 9.17) is 5.73 Å². The Kier molecular flexibility index (Phi) is 5.28. The summed E-state index contributed by atoms with van der Waals surface area (Å²) >= 11 is 0. The second-order valence-corrected chi connectivity index (χ2v) is 5.36. The Labute approximate surface area is 125 Å². The molecule has 2 rings (SSSR count). The van der Waals surface area contributed by atoms with Gasteiger partial charge in [0.05, 0.1) is 5.52 Å². The number of carbonyl (C=O) groups is 1. The SMILES string of the molecule is CCC(CC)C(N)CNC(=O)c1ccc2ncccc2c1. The van der Waals surface area contributed by atoms with Crippen LogP contribution < -0.4 is 11.1 Å². The van der Waals surface area contributed by atoms with E-state index in [0.29, 0.717) is 18.0 Å². The van der Waals surface area contributed by atoms with Crippen LogP contribution in [0.5, 0.6) is 0 Å². The zero-order valence-electron chi connectivity index (χ0n) is 12.7. The van der Waals surface area contributed by atoms with Crippen molar-refractivity contribution in [1.82, 2.24) is 10.3 Å². The second kappa shape index (κ2) is 7.18. The average Bonchev–Trinajstić information content (AvgIpc) is 2.53. The van der Waals surface area contributed by atoms with Crippen LogP contribution in [0.4, 0.5) is 0 Å². The molecule has 4 heteroatoms. The first-order valence-corrected chi connectivity index (χ1v) is 7.54. The van der Waals surface area contributed by atoms with E-state index < -0.39 is 0 Å². The molecule has 1 aromatic heterocycles. The molecule has 0 fully saturated rings. The summed E-state index contributed by atoms with van der Waals surface area (Å²) in [6.07, 6.45) is 3.82. The van der Waals surface area contributed by atoms with Crippen LogP contribution in [0.25, 0.3) is 10.9 Å². The lowest BCUT2D eigenvalue weighted by molar-refractivity contribution is 0.0948. The predicted molar refractivity (Wildman–Crippen MR) is 86.1 cm³/mol. The quantitative estimate of drug-likeness (QED) is 0.857. The highest BCUT2D eigenvalue weighted by Gasteiger charge is 2.15. The summed E-state index contributed by atoms with van der Waals surface area (Å²) in [6.45, 7) is 4.77. The number of carbonyl (C=O) groups excluding carboxylic acids is 1. The monoisotopic (exact) mass is 285 g/mol. The predicted octanol–water partition coefficient (Wildman–Crippen LogP) is 2.73. The standard InChI is InChI=1S/C17H23N3O/c1-3-12(4-2)15(18)11-20-17(21)14-7-8-16-13(10-14)6-5-9-19-16/h5-10,12,15H,3-4,11,18H2,1-2H3,(H,20,21). The first-order chi connectivity index (χ1) is 10.2. The number of hydrogen-bond donors (Lipinski definition) is 2. The van der Waals surface area contributed by atoms with Crippen LogP contribution in [0.2, 0.25) is 0 Å². The summed E-state index contributed by atoms with van der Waals surface area (Å²) in [7, 11) is 0. The van der Waals surface area contributed by atoms with Crippen molar-refractivity contribution in [3.8, 4) is 0 Å². The van der Waals surface area contributed by atoms with Gasteiger partial charge in [-0.05, 0) is 30.2 Å². The van der Waals surface area contributed by atoms with E-state index in [1.807, 2.05) is 24.3 Å². The van der Waals surface area contributed by atoms with Crippen molar-refractivity contribution in [2.75, 3.05) is 6.54 Å². The Balaban J connectivity index is 2.02. The van der Waals surface area contributed by atoms with Gasteiger partial charge in [-0.25, -0.2) is 0 Å². The van der Waals surface area contributed by atoms with E-state index in [2.05, 4.69) is 24.1 Å². The molecule has 0 saturated carbocycles. The van der Waals surface area contributed by atoms with Crippen molar-refractivity contribution in [3.63, 3.8) is 0 Å². The third-order valence-electron chi connectivity index (χ3n) is 4.02. The van der Waals surface area contributed by atoms with E-state index in [-0.39, 0.29) is 11.9 Å². The Morgan fingerprint density at radius 1 is 1.29 bits per heavy atom. The third-order valence-corrected chi connectivity index (χ3v) is 4.02. The van der Waals surface area contributed by atoms with Crippen LogP contribution in [0.15, 0.2) is 36.5 Å². The Morgan fingerprint density at radius 2 is 2.05 bits per heavy atom. The number of amides is 1. The molecule has 21 heavy (non-hydrogen) atoms. The minimum atomic E-state index is -0.0813. The number of benzene rings is 1. The molecule has 112 valence electrons. The second-order valence-electron chi connectivity index (χ2n) is 5.36. The van der Waals surface area contributed by atoms with Gasteiger partial charge >= 0.3 is 0 Å². The van der Waals surface area contributed by atoms with Crippen LogP contribution in [0.3, 0.4) is 0 Å². The van der Waals surface area contributed by atoms with Gasteiger partial charge in [-0.2, -0.15) is 0 Å². The molecule has 1 atom stereocenters. The molecular formula is C17H23N3O. The summed E-state index contributed by atoms with van der Waals surface area (Å²) in [5, 5.41) is 3.90. The van der Waals surface area contributed by atoms with Gasteiger partial charge in [0, 0.05) is 29.7 Å². The number of nitrogens with zero attached hydrogens (tertiary/aromatic N) is 1. The molecule has 0 aliphatic rings. The maximum Gasteiger partial charge on any atom is 0.251 e. The van der Waals surface area contributed by atoms with E-state index in [9.17, 15) is 4.79 Å². The molecule has 0 spiro atoms. The summed E-state index contributed by atoms with van der Waals surface area (Å²) < 4.78 is 0. The molecule has 1 amide bonds. The van der Waals surface area contributed by atoms with Gasteiger partial charge in [-0.3, -0.25) is 9.78 Å². The van der Waals surface area contributed by atoms with Crippen LogP contribution in [-0.2, 0) is 0 Å². The lowest BCUT2D eigenvalue weighted by Crippen LogP contribution is -2.41. The first kappa shape index (κ1) is 15.4. The zero-order chi connectivity index (χ0) is 15.2. The molecule has 3 N–H and O–H groups in total. The molecule has 0 radical (unpaired) electrons. The normalized spacial score (nSPS) is 12.6. The number of nitrogens with one attached hydrogen (secondary N) is 1. The molecular weight excluding hydrogens is 262 g/mol. The van der Waals surface area contributed by atoms with Crippen molar-refractivity contribution in [1.29, 1.82) is 0 Å². The van der Waals surface area contributed by atoms with Crippen molar-refractivity contribution in [3.05, 3.63) is 42.1 Å². The van der Waals surface area contributed by atoms with Gasteiger partial charge in [0.15, 0.2) is 0 Å². The van der Waals surface area contributed by atoms with Crippen molar-refractivity contribution < 1.29 is 4.79 Å². The zero-order valence-corrected chi connectivity index (χ0v) is 12.7. The summed E-state index contributed by atoms with van der Waals surface area (Å²) in [6, 6.07) is 9.35. The fourth-order valence-corrected chi connectivity index (χ4v) is 2.59. The van der Waals surface area contributed by atoms with Crippen LogP contribution in [0.1, 0.15) is 37.0 Å². The summed E-state index contributed by atoms with van der Waals surface area (Å²) in [5.41, 5.74) is 7.67. The molecule has 1 unspecified atom stereocenters. The fraction of sp³-hybridized carbons (Fsp3) is 0.412. The van der Waals surface area contributed by atoms with Crippen LogP contribution in [0, 0.1) is 5.92 Å². The number of aromatic nitrogens is 1. The van der Waals surface area contributed by atoms with Crippen LogP contribution >= 0.6 is 0 Å². The Bertz CT molecular complexity index is 608. The fourth-order valence-electron chi connectivity index (χ4n) is 2.59. The lowest BCUT2D eigenvalue weighted by atomic mass is 9.95. The lowest BCUT2D eigenvalue weighted by Gasteiger charge is -2.21. The first-order valence-electron chi connectivity index (χ1n) is 7.54. The Morgan fingerprint density at radius 3 is 2.76 bits per heavy atom. The van der Waals surface area contributed by atoms with Gasteiger partial charge in [0.1, 0.15) is 0 Å². The van der Waals surface area contributed by atoms with E-state index in [1.54, 1.807) is 12.3 Å². The highest BCUT2D eigenvalue weighted by molar-refractivity contribution is 5.97. The number of hydrogen-bond acceptors (Lipinski definition) is 3. The smallest absolute Gasteiger partial charge is 0.251 e. The topological polar surface area (TPSA) is 68.0 Å². The average molecular weight is 285 g/mol.